The zero-order valence-corrected chi connectivity index (χ0v) is 15.6. The minimum absolute atomic E-state index is 0.153. The Balaban J connectivity index is 1.81. The Morgan fingerprint density at radius 2 is 2.12 bits per heavy atom. The van der Waals surface area contributed by atoms with Crippen molar-refractivity contribution in [1.82, 2.24) is 23.9 Å². The Morgan fingerprint density at radius 3 is 2.72 bits per heavy atom. The SMILES string of the molecule is Cc1nc(C(C)C)n2nc(N[C@@H]3CCN(S(C)(=O)=O)C[C@H]3F)ncc12. The number of piperidine rings is 1. The van der Waals surface area contributed by atoms with Crippen LogP contribution in [0.1, 0.15) is 37.7 Å². The van der Waals surface area contributed by atoms with Crippen molar-refractivity contribution < 1.29 is 12.8 Å². The molecule has 0 unspecified atom stereocenters. The number of hydrogen-bond donors (Lipinski definition) is 1. The van der Waals surface area contributed by atoms with Gasteiger partial charge in [0.05, 0.1) is 24.2 Å². The van der Waals surface area contributed by atoms with Gasteiger partial charge in [0.15, 0.2) is 0 Å². The lowest BCUT2D eigenvalue weighted by Crippen LogP contribution is -2.49. The molecule has 0 saturated carbocycles. The molecule has 138 valence electrons. The largest absolute Gasteiger partial charge is 0.347 e. The van der Waals surface area contributed by atoms with Crippen molar-refractivity contribution in [1.29, 1.82) is 0 Å². The molecular formula is C15H23FN6O2S. The number of aryl methyl sites for hydroxylation is 1. The third-order valence-corrected chi connectivity index (χ3v) is 5.68. The van der Waals surface area contributed by atoms with Gasteiger partial charge in [-0.2, -0.15) is 4.31 Å². The monoisotopic (exact) mass is 370 g/mol. The standard InChI is InChI=1S/C15H23FN6O2S/c1-9(2)14-18-10(3)13-7-17-15(20-22(13)14)19-12-5-6-21(8-11(12)16)25(4,23)24/h7,9,11-12H,5-6,8H2,1-4H3,(H,19,20)/t11-,12-/m1/s1. The van der Waals surface area contributed by atoms with Crippen LogP contribution in [0.3, 0.4) is 0 Å². The van der Waals surface area contributed by atoms with E-state index in [0.29, 0.717) is 12.4 Å². The molecule has 2 aromatic rings. The molecule has 25 heavy (non-hydrogen) atoms. The summed E-state index contributed by atoms with van der Waals surface area (Å²) in [5.41, 5.74) is 1.66. The fourth-order valence-corrected chi connectivity index (χ4v) is 3.85. The molecule has 1 fully saturated rings. The minimum Gasteiger partial charge on any atom is -0.347 e. The molecule has 10 heteroatoms. The van der Waals surface area contributed by atoms with E-state index in [0.717, 1.165) is 27.6 Å². The summed E-state index contributed by atoms with van der Waals surface area (Å²) in [5, 5.41) is 7.45. The zero-order valence-electron chi connectivity index (χ0n) is 14.8. The van der Waals surface area contributed by atoms with Crippen molar-refractivity contribution in [3.63, 3.8) is 0 Å². The average molecular weight is 370 g/mol. The topological polar surface area (TPSA) is 92.5 Å². The van der Waals surface area contributed by atoms with E-state index in [-0.39, 0.29) is 19.0 Å². The van der Waals surface area contributed by atoms with E-state index in [2.05, 4.69) is 20.4 Å². The van der Waals surface area contributed by atoms with Crippen LogP contribution in [0.4, 0.5) is 10.3 Å². The lowest BCUT2D eigenvalue weighted by molar-refractivity contribution is 0.186. The number of halogens is 1. The molecule has 0 radical (unpaired) electrons. The molecule has 0 aromatic carbocycles. The van der Waals surface area contributed by atoms with E-state index < -0.39 is 22.2 Å². The number of aromatic nitrogens is 4. The molecular weight excluding hydrogens is 347 g/mol. The predicted molar refractivity (Wildman–Crippen MR) is 92.9 cm³/mol. The summed E-state index contributed by atoms with van der Waals surface area (Å²) >= 11 is 0. The van der Waals surface area contributed by atoms with Gasteiger partial charge in [-0.05, 0) is 13.3 Å². The van der Waals surface area contributed by atoms with Gasteiger partial charge in [-0.15, -0.1) is 5.10 Å². The number of nitrogens with one attached hydrogen (secondary N) is 1. The molecule has 3 heterocycles. The highest BCUT2D eigenvalue weighted by atomic mass is 32.2. The number of alkyl halides is 1. The van der Waals surface area contributed by atoms with Crippen molar-refractivity contribution in [2.45, 2.75) is 45.3 Å². The molecule has 0 amide bonds. The highest BCUT2D eigenvalue weighted by molar-refractivity contribution is 7.88. The van der Waals surface area contributed by atoms with Crippen molar-refractivity contribution in [3.8, 4) is 0 Å². The van der Waals surface area contributed by atoms with Crippen LogP contribution in [0.5, 0.6) is 0 Å². The number of nitrogens with zero attached hydrogens (tertiary/aromatic N) is 5. The second-order valence-electron chi connectivity index (χ2n) is 6.77. The first kappa shape index (κ1) is 18.0. The molecule has 8 nitrogen and oxygen atoms in total. The second-order valence-corrected chi connectivity index (χ2v) is 8.75. The van der Waals surface area contributed by atoms with Gasteiger partial charge in [0.1, 0.15) is 17.5 Å². The van der Waals surface area contributed by atoms with E-state index in [1.807, 2.05) is 20.8 Å². The predicted octanol–water partition coefficient (Wildman–Crippen LogP) is 1.34. The fourth-order valence-electron chi connectivity index (χ4n) is 3.00. The summed E-state index contributed by atoms with van der Waals surface area (Å²) in [5.74, 6) is 1.32. The van der Waals surface area contributed by atoms with E-state index in [9.17, 15) is 12.8 Å². The van der Waals surface area contributed by atoms with Crippen molar-refractivity contribution >= 4 is 21.5 Å². The first-order valence-electron chi connectivity index (χ1n) is 8.25. The molecule has 1 aliphatic heterocycles. The molecule has 0 spiro atoms. The van der Waals surface area contributed by atoms with Gasteiger partial charge >= 0.3 is 0 Å². The molecule has 1 saturated heterocycles. The van der Waals surface area contributed by atoms with E-state index in [4.69, 9.17) is 0 Å². The Kier molecular flexibility index (Phi) is 4.67. The maximum absolute atomic E-state index is 14.4. The summed E-state index contributed by atoms with van der Waals surface area (Å²) in [6.45, 7) is 6.08. The molecule has 1 N–H and O–H groups in total. The number of anilines is 1. The zero-order chi connectivity index (χ0) is 18.4. The van der Waals surface area contributed by atoms with Crippen molar-refractivity contribution in [2.75, 3.05) is 24.7 Å². The van der Waals surface area contributed by atoms with Gasteiger partial charge in [0.25, 0.3) is 0 Å². The third-order valence-electron chi connectivity index (χ3n) is 4.41. The van der Waals surface area contributed by atoms with Gasteiger partial charge in [-0.3, -0.25) is 0 Å². The Labute approximate surface area is 146 Å². The second kappa shape index (κ2) is 6.49. The highest BCUT2D eigenvalue weighted by Gasteiger charge is 2.33. The first-order chi connectivity index (χ1) is 11.7. The maximum Gasteiger partial charge on any atom is 0.241 e. The van der Waals surface area contributed by atoms with E-state index in [1.54, 1.807) is 10.7 Å². The quantitative estimate of drug-likeness (QED) is 0.873. The highest BCUT2D eigenvalue weighted by Crippen LogP contribution is 2.21. The summed E-state index contributed by atoms with van der Waals surface area (Å²) in [4.78, 5) is 8.77. The molecule has 2 aromatic heterocycles. The van der Waals surface area contributed by atoms with Crippen LogP contribution in [0, 0.1) is 6.92 Å². The Hall–Kier alpha value is -1.81. The molecule has 0 aliphatic carbocycles. The van der Waals surface area contributed by atoms with Crippen LogP contribution in [-0.2, 0) is 10.0 Å². The first-order valence-corrected chi connectivity index (χ1v) is 10.1. The van der Waals surface area contributed by atoms with Gasteiger partial charge in [-0.1, -0.05) is 13.8 Å². The Morgan fingerprint density at radius 1 is 1.40 bits per heavy atom. The number of fused-ring (bicyclic) bond motifs is 1. The summed E-state index contributed by atoms with van der Waals surface area (Å²) in [6.07, 6.45) is 1.80. The van der Waals surface area contributed by atoms with E-state index >= 15 is 0 Å². The van der Waals surface area contributed by atoms with E-state index in [1.165, 1.54) is 0 Å². The van der Waals surface area contributed by atoms with Crippen LogP contribution in [0.15, 0.2) is 6.20 Å². The summed E-state index contributed by atoms with van der Waals surface area (Å²) in [6, 6.07) is -0.525. The smallest absolute Gasteiger partial charge is 0.241 e. The fraction of sp³-hybridized carbons (Fsp3) is 0.667. The summed E-state index contributed by atoms with van der Waals surface area (Å²) in [7, 11) is -3.37. The normalized spacial score (nSPS) is 22.6. The average Bonchev–Trinajstić information content (AvgIpc) is 2.85. The van der Waals surface area contributed by atoms with Crippen LogP contribution in [-0.4, -0.2) is 63.9 Å². The van der Waals surface area contributed by atoms with Gasteiger partial charge < -0.3 is 5.32 Å². The van der Waals surface area contributed by atoms with Crippen molar-refractivity contribution in [2.24, 2.45) is 0 Å². The number of sulfonamides is 1. The lowest BCUT2D eigenvalue weighted by Gasteiger charge is -2.33. The lowest BCUT2D eigenvalue weighted by atomic mass is 10.1. The van der Waals surface area contributed by atoms with Crippen LogP contribution in [0.25, 0.3) is 5.52 Å². The molecule has 2 atom stereocenters. The van der Waals surface area contributed by atoms with Gasteiger partial charge in [0, 0.05) is 19.0 Å². The van der Waals surface area contributed by atoms with Crippen LogP contribution in [0.2, 0.25) is 0 Å². The van der Waals surface area contributed by atoms with Crippen LogP contribution >= 0.6 is 0 Å². The number of rotatable bonds is 4. The molecule has 0 bridgehead atoms. The number of imidazole rings is 1. The van der Waals surface area contributed by atoms with Gasteiger partial charge in [-0.25, -0.2) is 27.3 Å². The maximum atomic E-state index is 14.4. The van der Waals surface area contributed by atoms with Crippen molar-refractivity contribution in [3.05, 3.63) is 17.7 Å². The van der Waals surface area contributed by atoms with Gasteiger partial charge in [0.2, 0.25) is 16.0 Å². The summed E-state index contributed by atoms with van der Waals surface area (Å²) < 4.78 is 40.4. The minimum atomic E-state index is -3.37. The number of hydrogen-bond acceptors (Lipinski definition) is 6. The van der Waals surface area contributed by atoms with Crippen LogP contribution < -0.4 is 5.32 Å². The Bertz CT molecular complexity index is 882. The molecule has 3 rings (SSSR count). The molecule has 1 aliphatic rings. The third kappa shape index (κ3) is 3.59.